The first-order chi connectivity index (χ1) is 8.83. The Morgan fingerprint density at radius 2 is 2.17 bits per heavy atom. The van der Waals surface area contributed by atoms with Crippen molar-refractivity contribution >= 4 is 6.09 Å². The van der Waals surface area contributed by atoms with Crippen LogP contribution in [0.3, 0.4) is 0 Å². The van der Waals surface area contributed by atoms with Gasteiger partial charge in [-0.1, -0.05) is 30.3 Å². The quantitative estimate of drug-likeness (QED) is 0.809. The second kappa shape index (κ2) is 4.96. The van der Waals surface area contributed by atoms with Crippen LogP contribution in [0.1, 0.15) is 5.56 Å². The lowest BCUT2D eigenvalue weighted by Gasteiger charge is -2.17. The third-order valence-corrected chi connectivity index (χ3v) is 3.56. The zero-order valence-corrected chi connectivity index (χ0v) is 10.1. The molecule has 2 fully saturated rings. The molecular formula is C13H17N3O2. The fourth-order valence-electron chi connectivity index (χ4n) is 2.52. The van der Waals surface area contributed by atoms with Crippen molar-refractivity contribution in [1.82, 2.24) is 15.8 Å². The van der Waals surface area contributed by atoms with Gasteiger partial charge in [-0.15, -0.1) is 0 Å². The van der Waals surface area contributed by atoms with E-state index in [1.807, 2.05) is 30.3 Å². The number of carbonyl (C=O) groups excluding carboxylic acids is 1. The van der Waals surface area contributed by atoms with E-state index in [1.54, 1.807) is 4.90 Å². The number of hydrazine groups is 1. The lowest BCUT2D eigenvalue weighted by Crippen LogP contribution is -2.38. The SMILES string of the molecule is O=C(OCc1ccccc1)N1CC2CNNC2C1. The summed E-state index contributed by atoms with van der Waals surface area (Å²) in [5.41, 5.74) is 7.31. The van der Waals surface area contributed by atoms with E-state index in [9.17, 15) is 4.79 Å². The van der Waals surface area contributed by atoms with Gasteiger partial charge in [-0.25, -0.2) is 4.79 Å². The first-order valence-electron chi connectivity index (χ1n) is 6.27. The number of ether oxygens (including phenoxy) is 1. The van der Waals surface area contributed by atoms with Crippen molar-refractivity contribution in [2.75, 3.05) is 19.6 Å². The molecule has 0 spiro atoms. The van der Waals surface area contributed by atoms with Gasteiger partial charge in [0.2, 0.25) is 0 Å². The summed E-state index contributed by atoms with van der Waals surface area (Å²) in [7, 11) is 0. The average Bonchev–Trinajstić information content (AvgIpc) is 2.98. The zero-order valence-electron chi connectivity index (χ0n) is 10.1. The van der Waals surface area contributed by atoms with E-state index >= 15 is 0 Å². The first kappa shape index (κ1) is 11.5. The highest BCUT2D eigenvalue weighted by atomic mass is 16.6. The summed E-state index contributed by atoms with van der Waals surface area (Å²) in [6.45, 7) is 2.77. The molecule has 0 radical (unpaired) electrons. The van der Waals surface area contributed by atoms with Gasteiger partial charge in [0.05, 0.1) is 0 Å². The Kier molecular flexibility index (Phi) is 3.17. The highest BCUT2D eigenvalue weighted by molar-refractivity contribution is 5.68. The van der Waals surface area contributed by atoms with Crippen molar-refractivity contribution in [2.45, 2.75) is 12.6 Å². The molecular weight excluding hydrogens is 230 g/mol. The second-order valence-corrected chi connectivity index (χ2v) is 4.84. The first-order valence-corrected chi connectivity index (χ1v) is 6.27. The van der Waals surface area contributed by atoms with Gasteiger partial charge in [0.1, 0.15) is 6.61 Å². The highest BCUT2D eigenvalue weighted by Gasteiger charge is 2.38. The Labute approximate surface area is 106 Å². The molecule has 0 aromatic heterocycles. The van der Waals surface area contributed by atoms with Crippen molar-refractivity contribution in [1.29, 1.82) is 0 Å². The summed E-state index contributed by atoms with van der Waals surface area (Å²) in [5, 5.41) is 0. The van der Waals surface area contributed by atoms with E-state index in [-0.39, 0.29) is 6.09 Å². The normalized spacial score (nSPS) is 26.1. The molecule has 18 heavy (non-hydrogen) atoms. The molecule has 1 amide bonds. The third-order valence-electron chi connectivity index (χ3n) is 3.56. The number of hydrogen-bond donors (Lipinski definition) is 2. The van der Waals surface area contributed by atoms with E-state index in [0.29, 0.717) is 18.6 Å². The molecule has 5 nitrogen and oxygen atoms in total. The van der Waals surface area contributed by atoms with Crippen LogP contribution in [0.25, 0.3) is 0 Å². The van der Waals surface area contributed by atoms with Crippen LogP contribution in [0.15, 0.2) is 30.3 Å². The number of benzene rings is 1. The average molecular weight is 247 g/mol. The van der Waals surface area contributed by atoms with Gasteiger partial charge in [-0.05, 0) is 5.56 Å². The third kappa shape index (κ3) is 2.32. The van der Waals surface area contributed by atoms with Crippen molar-refractivity contribution in [3.05, 3.63) is 35.9 Å². The number of likely N-dealkylation sites (tertiary alicyclic amines) is 1. The molecule has 96 valence electrons. The Morgan fingerprint density at radius 1 is 1.33 bits per heavy atom. The molecule has 0 aliphatic carbocycles. The topological polar surface area (TPSA) is 53.6 Å². The summed E-state index contributed by atoms with van der Waals surface area (Å²) < 4.78 is 5.32. The lowest BCUT2D eigenvalue weighted by atomic mass is 10.1. The van der Waals surface area contributed by atoms with Crippen LogP contribution < -0.4 is 10.9 Å². The molecule has 1 aromatic rings. The van der Waals surface area contributed by atoms with Gasteiger partial charge < -0.3 is 9.64 Å². The maximum atomic E-state index is 11.9. The summed E-state index contributed by atoms with van der Waals surface area (Å²) in [6.07, 6.45) is -0.213. The number of carbonyl (C=O) groups is 1. The monoisotopic (exact) mass is 247 g/mol. The highest BCUT2D eigenvalue weighted by Crippen LogP contribution is 2.20. The predicted molar refractivity (Wildman–Crippen MR) is 66.6 cm³/mol. The Balaban J connectivity index is 1.50. The smallest absolute Gasteiger partial charge is 0.410 e. The number of fused-ring (bicyclic) bond motifs is 1. The standard InChI is InChI=1S/C13H17N3O2/c17-13(18-9-10-4-2-1-3-5-10)16-7-11-6-14-15-12(11)8-16/h1-5,11-12,14-15H,6-9H2. The van der Waals surface area contributed by atoms with E-state index in [4.69, 9.17) is 4.74 Å². The Hall–Kier alpha value is -1.59. The van der Waals surface area contributed by atoms with Crippen LogP contribution in [0.5, 0.6) is 0 Å². The molecule has 2 atom stereocenters. The molecule has 2 heterocycles. The molecule has 2 aliphatic heterocycles. The largest absolute Gasteiger partial charge is 0.445 e. The van der Waals surface area contributed by atoms with Gasteiger partial charge in [0.25, 0.3) is 0 Å². The number of nitrogens with one attached hydrogen (secondary N) is 2. The maximum Gasteiger partial charge on any atom is 0.410 e. The van der Waals surface area contributed by atoms with Crippen molar-refractivity contribution in [2.24, 2.45) is 5.92 Å². The molecule has 2 saturated heterocycles. The summed E-state index contributed by atoms with van der Waals surface area (Å²) in [4.78, 5) is 13.7. The van der Waals surface area contributed by atoms with Crippen molar-refractivity contribution < 1.29 is 9.53 Å². The molecule has 2 unspecified atom stereocenters. The van der Waals surface area contributed by atoms with Crippen LogP contribution >= 0.6 is 0 Å². The van der Waals surface area contributed by atoms with E-state index in [0.717, 1.165) is 25.2 Å². The minimum atomic E-state index is -0.213. The van der Waals surface area contributed by atoms with Gasteiger partial charge in [-0.2, -0.15) is 0 Å². The summed E-state index contributed by atoms with van der Waals surface area (Å²) >= 11 is 0. The van der Waals surface area contributed by atoms with Crippen molar-refractivity contribution in [3.8, 4) is 0 Å². The minimum Gasteiger partial charge on any atom is -0.445 e. The second-order valence-electron chi connectivity index (χ2n) is 4.84. The van der Waals surface area contributed by atoms with E-state index in [1.165, 1.54) is 0 Å². The van der Waals surface area contributed by atoms with Crippen LogP contribution in [0, 0.1) is 5.92 Å². The van der Waals surface area contributed by atoms with E-state index < -0.39 is 0 Å². The fourth-order valence-corrected chi connectivity index (χ4v) is 2.52. The van der Waals surface area contributed by atoms with E-state index in [2.05, 4.69) is 10.9 Å². The molecule has 5 heteroatoms. The molecule has 0 saturated carbocycles. The Morgan fingerprint density at radius 3 is 2.94 bits per heavy atom. The minimum absolute atomic E-state index is 0.213. The predicted octanol–water partition coefficient (Wildman–Crippen LogP) is 0.731. The molecule has 3 rings (SSSR count). The zero-order chi connectivity index (χ0) is 12.4. The summed E-state index contributed by atoms with van der Waals surface area (Å²) in [6, 6.07) is 10.1. The Bertz CT molecular complexity index is 412. The molecule has 2 N–H and O–H groups in total. The molecule has 2 aliphatic rings. The van der Waals surface area contributed by atoms with Gasteiger partial charge in [-0.3, -0.25) is 10.9 Å². The van der Waals surface area contributed by atoms with Crippen LogP contribution in [0.2, 0.25) is 0 Å². The maximum absolute atomic E-state index is 11.9. The number of amides is 1. The van der Waals surface area contributed by atoms with Gasteiger partial charge in [0, 0.05) is 31.6 Å². The molecule has 0 bridgehead atoms. The van der Waals surface area contributed by atoms with Crippen LogP contribution in [-0.2, 0) is 11.3 Å². The number of rotatable bonds is 2. The van der Waals surface area contributed by atoms with Crippen LogP contribution in [0.4, 0.5) is 4.79 Å². The number of hydrogen-bond acceptors (Lipinski definition) is 4. The fraction of sp³-hybridized carbons (Fsp3) is 0.462. The van der Waals surface area contributed by atoms with Gasteiger partial charge >= 0.3 is 6.09 Å². The summed E-state index contributed by atoms with van der Waals surface area (Å²) in [5.74, 6) is 0.509. The van der Waals surface area contributed by atoms with Gasteiger partial charge in [0.15, 0.2) is 0 Å². The van der Waals surface area contributed by atoms with Crippen molar-refractivity contribution in [3.63, 3.8) is 0 Å². The lowest BCUT2D eigenvalue weighted by molar-refractivity contribution is 0.102. The number of nitrogens with zero attached hydrogens (tertiary/aromatic N) is 1. The molecule has 1 aromatic carbocycles. The van der Waals surface area contributed by atoms with Crippen LogP contribution in [-0.4, -0.2) is 36.7 Å².